The molecule has 2 heteroatoms. The average molecular weight is 151 g/mol. The van der Waals surface area contributed by atoms with Crippen LogP contribution in [0.25, 0.3) is 0 Å². The Hall–Kier alpha value is -1.31. The fraction of sp³-hybridized carbons (Fsp3) is 0.222. The van der Waals surface area contributed by atoms with Gasteiger partial charge in [-0.15, -0.1) is 0 Å². The number of aryl methyl sites for hydroxylation is 1. The quantitative estimate of drug-likeness (QED) is 0.663. The Morgan fingerprint density at radius 1 is 1.36 bits per heavy atom. The van der Waals surface area contributed by atoms with Gasteiger partial charge in [0, 0.05) is 12.7 Å². The van der Waals surface area contributed by atoms with Gasteiger partial charge in [0.25, 0.3) is 0 Å². The summed E-state index contributed by atoms with van der Waals surface area (Å²) in [5, 5.41) is 3.07. The standard InChI is InChI=1S/C8H11N.CH2O/c1-7-4-3-5-8(6-7)9-2;1-2/h3-6,9H,1-2H3;1H2. The molecule has 0 aliphatic carbocycles. The van der Waals surface area contributed by atoms with E-state index in [1.165, 1.54) is 11.3 Å². The molecule has 1 aromatic carbocycles. The van der Waals surface area contributed by atoms with Crippen LogP contribution >= 0.6 is 0 Å². The Kier molecular flexibility index (Phi) is 4.82. The first-order chi connectivity index (χ1) is 5.33. The summed E-state index contributed by atoms with van der Waals surface area (Å²) < 4.78 is 0. The van der Waals surface area contributed by atoms with E-state index in [-0.39, 0.29) is 0 Å². The number of nitrogens with one attached hydrogen (secondary N) is 1. The van der Waals surface area contributed by atoms with Gasteiger partial charge in [-0.3, -0.25) is 0 Å². The third-order valence-electron chi connectivity index (χ3n) is 1.31. The number of hydrogen-bond acceptors (Lipinski definition) is 2. The predicted octanol–water partition coefficient (Wildman–Crippen LogP) is 1.85. The van der Waals surface area contributed by atoms with Crippen molar-refractivity contribution in [3.05, 3.63) is 29.8 Å². The number of hydrogen-bond donors (Lipinski definition) is 1. The highest BCUT2D eigenvalue weighted by molar-refractivity contribution is 5.44. The second-order valence-corrected chi connectivity index (χ2v) is 2.12. The molecular weight excluding hydrogens is 138 g/mol. The lowest BCUT2D eigenvalue weighted by atomic mass is 10.2. The Morgan fingerprint density at radius 3 is 2.36 bits per heavy atom. The maximum absolute atomic E-state index is 8.00. The summed E-state index contributed by atoms with van der Waals surface area (Å²) in [6.45, 7) is 4.08. The summed E-state index contributed by atoms with van der Waals surface area (Å²) in [5.41, 5.74) is 2.47. The monoisotopic (exact) mass is 151 g/mol. The first kappa shape index (κ1) is 9.69. The van der Waals surface area contributed by atoms with Crippen molar-refractivity contribution in [3.63, 3.8) is 0 Å². The van der Waals surface area contributed by atoms with Gasteiger partial charge in [0.15, 0.2) is 0 Å². The Morgan fingerprint density at radius 2 is 2.00 bits per heavy atom. The molecule has 1 N–H and O–H groups in total. The van der Waals surface area contributed by atoms with E-state index >= 15 is 0 Å². The molecule has 0 amide bonds. The Labute approximate surface area is 67.2 Å². The predicted molar refractivity (Wildman–Crippen MR) is 47.8 cm³/mol. The van der Waals surface area contributed by atoms with Crippen LogP contribution in [0.4, 0.5) is 5.69 Å². The van der Waals surface area contributed by atoms with E-state index in [0.29, 0.717) is 0 Å². The van der Waals surface area contributed by atoms with E-state index in [9.17, 15) is 0 Å². The highest BCUT2D eigenvalue weighted by atomic mass is 16.1. The van der Waals surface area contributed by atoms with E-state index in [2.05, 4.69) is 24.4 Å². The molecule has 11 heavy (non-hydrogen) atoms. The molecule has 60 valence electrons. The van der Waals surface area contributed by atoms with Gasteiger partial charge >= 0.3 is 0 Å². The van der Waals surface area contributed by atoms with Gasteiger partial charge < -0.3 is 10.1 Å². The molecule has 0 saturated carbocycles. The van der Waals surface area contributed by atoms with Crippen molar-refractivity contribution >= 4 is 12.5 Å². The van der Waals surface area contributed by atoms with Crippen LogP contribution in [0.5, 0.6) is 0 Å². The van der Waals surface area contributed by atoms with Gasteiger partial charge in [-0.05, 0) is 24.6 Å². The second-order valence-electron chi connectivity index (χ2n) is 2.12. The van der Waals surface area contributed by atoms with E-state index in [1.54, 1.807) is 0 Å². The summed E-state index contributed by atoms with van der Waals surface area (Å²) in [6.07, 6.45) is 0. The number of benzene rings is 1. The van der Waals surface area contributed by atoms with Crippen LogP contribution in [0.3, 0.4) is 0 Å². The number of carbonyl (C=O) groups is 1. The summed E-state index contributed by atoms with van der Waals surface area (Å²) in [6, 6.07) is 8.29. The zero-order chi connectivity index (χ0) is 8.69. The molecule has 0 bridgehead atoms. The molecule has 2 nitrogen and oxygen atoms in total. The maximum Gasteiger partial charge on any atom is 0.106 e. The highest BCUT2D eigenvalue weighted by Gasteiger charge is 1.84. The molecule has 1 aromatic rings. The highest BCUT2D eigenvalue weighted by Crippen LogP contribution is 2.07. The summed E-state index contributed by atoms with van der Waals surface area (Å²) in [7, 11) is 1.93. The van der Waals surface area contributed by atoms with E-state index in [0.717, 1.165) is 0 Å². The Balaban J connectivity index is 0.000000461. The third-order valence-corrected chi connectivity index (χ3v) is 1.31. The summed E-state index contributed by atoms with van der Waals surface area (Å²) in [4.78, 5) is 8.00. The molecule has 0 spiro atoms. The van der Waals surface area contributed by atoms with Gasteiger partial charge in [-0.1, -0.05) is 12.1 Å². The van der Waals surface area contributed by atoms with Gasteiger partial charge in [-0.25, -0.2) is 0 Å². The van der Waals surface area contributed by atoms with Crippen LogP contribution < -0.4 is 5.32 Å². The van der Waals surface area contributed by atoms with Crippen molar-refractivity contribution in [2.24, 2.45) is 0 Å². The lowest BCUT2D eigenvalue weighted by Gasteiger charge is -1.98. The topological polar surface area (TPSA) is 29.1 Å². The van der Waals surface area contributed by atoms with Crippen molar-refractivity contribution in [2.75, 3.05) is 12.4 Å². The van der Waals surface area contributed by atoms with Crippen molar-refractivity contribution in [1.82, 2.24) is 0 Å². The van der Waals surface area contributed by atoms with Gasteiger partial charge in [-0.2, -0.15) is 0 Å². The average Bonchev–Trinajstić information content (AvgIpc) is 2.08. The molecular formula is C9H13NO. The molecule has 0 aromatic heterocycles. The minimum Gasteiger partial charge on any atom is -0.388 e. The van der Waals surface area contributed by atoms with Crippen LogP contribution in [0, 0.1) is 6.92 Å². The lowest BCUT2D eigenvalue weighted by Crippen LogP contribution is -1.86. The first-order valence-electron chi connectivity index (χ1n) is 3.36. The number of carbonyl (C=O) groups excluding carboxylic acids is 1. The summed E-state index contributed by atoms with van der Waals surface area (Å²) >= 11 is 0. The fourth-order valence-corrected chi connectivity index (χ4v) is 0.801. The van der Waals surface area contributed by atoms with E-state index in [4.69, 9.17) is 4.79 Å². The normalized spacial score (nSPS) is 7.82. The van der Waals surface area contributed by atoms with Gasteiger partial charge in [0.2, 0.25) is 0 Å². The van der Waals surface area contributed by atoms with E-state index in [1.807, 2.05) is 26.0 Å². The molecule has 0 atom stereocenters. The van der Waals surface area contributed by atoms with Crippen molar-refractivity contribution < 1.29 is 4.79 Å². The van der Waals surface area contributed by atoms with Crippen molar-refractivity contribution in [3.8, 4) is 0 Å². The largest absolute Gasteiger partial charge is 0.388 e. The van der Waals surface area contributed by atoms with Crippen LogP contribution in [0.1, 0.15) is 5.56 Å². The molecule has 0 unspecified atom stereocenters. The Bertz CT molecular complexity index is 210. The smallest absolute Gasteiger partial charge is 0.106 e. The van der Waals surface area contributed by atoms with Gasteiger partial charge in [0.05, 0.1) is 0 Å². The van der Waals surface area contributed by atoms with Crippen LogP contribution in [-0.4, -0.2) is 13.8 Å². The van der Waals surface area contributed by atoms with Crippen LogP contribution in [0.2, 0.25) is 0 Å². The van der Waals surface area contributed by atoms with E-state index < -0.39 is 0 Å². The molecule has 0 aliphatic rings. The minimum atomic E-state index is 1.18. The molecule has 0 radical (unpaired) electrons. The first-order valence-corrected chi connectivity index (χ1v) is 3.36. The van der Waals surface area contributed by atoms with Gasteiger partial charge in [0.1, 0.15) is 6.79 Å². The van der Waals surface area contributed by atoms with Crippen molar-refractivity contribution in [1.29, 1.82) is 0 Å². The fourth-order valence-electron chi connectivity index (χ4n) is 0.801. The molecule has 0 heterocycles. The maximum atomic E-state index is 8.00. The number of anilines is 1. The lowest BCUT2D eigenvalue weighted by molar-refractivity contribution is -0.0979. The molecule has 0 saturated heterocycles. The minimum absolute atomic E-state index is 1.18. The zero-order valence-corrected chi connectivity index (χ0v) is 6.92. The second kappa shape index (κ2) is 5.47. The zero-order valence-electron chi connectivity index (χ0n) is 6.92. The number of rotatable bonds is 1. The molecule has 1 rings (SSSR count). The SMILES string of the molecule is C=O.CNc1cccc(C)c1. The third kappa shape index (κ3) is 3.40. The van der Waals surface area contributed by atoms with Crippen LogP contribution in [-0.2, 0) is 4.79 Å². The van der Waals surface area contributed by atoms with Crippen LogP contribution in [0.15, 0.2) is 24.3 Å². The molecule has 0 fully saturated rings. The van der Waals surface area contributed by atoms with Crippen molar-refractivity contribution in [2.45, 2.75) is 6.92 Å². The summed E-state index contributed by atoms with van der Waals surface area (Å²) in [5.74, 6) is 0. The molecule has 0 aliphatic heterocycles.